The van der Waals surface area contributed by atoms with Gasteiger partial charge < -0.3 is 15.5 Å². The Hall–Kier alpha value is -2.37. The van der Waals surface area contributed by atoms with E-state index in [0.717, 1.165) is 31.2 Å². The Kier molecular flexibility index (Phi) is 6.14. The van der Waals surface area contributed by atoms with E-state index in [4.69, 9.17) is 0 Å². The number of aromatic hydroxyl groups is 1. The number of carbonyl (C=O) groups is 1. The number of nitrogens with one attached hydrogen (secondary N) is 2. The van der Waals surface area contributed by atoms with E-state index in [9.17, 15) is 15.0 Å². The van der Waals surface area contributed by atoms with Crippen LogP contribution in [0.3, 0.4) is 0 Å². The Labute approximate surface area is 160 Å². The molecule has 0 saturated heterocycles. The van der Waals surface area contributed by atoms with Crippen molar-refractivity contribution in [2.75, 3.05) is 5.32 Å². The van der Waals surface area contributed by atoms with Crippen LogP contribution in [0, 0.1) is 0 Å². The summed E-state index contributed by atoms with van der Waals surface area (Å²) in [7, 11) is 0. The van der Waals surface area contributed by atoms with Gasteiger partial charge in [0.1, 0.15) is 12.0 Å². The van der Waals surface area contributed by atoms with E-state index in [1.54, 1.807) is 12.1 Å². The minimum atomic E-state index is -0.686. The summed E-state index contributed by atoms with van der Waals surface area (Å²) in [5.74, 6) is 0.0120. The maximum atomic E-state index is 10.6. The molecule has 4 N–H and O–H groups in total. The second-order valence-electron chi connectivity index (χ2n) is 7.20. The topological polar surface area (TPSA) is 81.6 Å². The van der Waals surface area contributed by atoms with Gasteiger partial charge in [0.2, 0.25) is 6.41 Å². The molecule has 2 aromatic rings. The van der Waals surface area contributed by atoms with Crippen LogP contribution in [0.5, 0.6) is 5.75 Å². The van der Waals surface area contributed by atoms with Crippen LogP contribution in [0.2, 0.25) is 0 Å². The number of aryl methyl sites for hydroxylation is 2. The number of aliphatic hydroxyl groups is 1. The lowest BCUT2D eigenvalue weighted by atomic mass is 9.97. The number of fused-ring (bicyclic) bond motifs is 1. The van der Waals surface area contributed by atoms with Crippen molar-refractivity contribution >= 4 is 12.1 Å². The molecule has 27 heavy (non-hydrogen) atoms. The highest BCUT2D eigenvalue weighted by Gasteiger charge is 2.24. The highest BCUT2D eigenvalue weighted by atomic mass is 16.3. The first-order chi connectivity index (χ1) is 13.0. The average Bonchev–Trinajstić information content (AvgIpc) is 3.04. The molecule has 1 amide bonds. The van der Waals surface area contributed by atoms with E-state index in [1.165, 1.54) is 28.3 Å². The third kappa shape index (κ3) is 4.49. The van der Waals surface area contributed by atoms with Crippen molar-refractivity contribution < 1.29 is 15.0 Å². The molecule has 3 rings (SSSR count). The Bertz CT molecular complexity index is 786. The SMILES string of the molecule is CCc1cc2c(cc1CC)CC(N[C@H](O)Cc1ccc(O)c(NC=O)c1)C2. The number of phenols is 1. The number of benzene rings is 2. The van der Waals surface area contributed by atoms with Crippen LogP contribution in [0.1, 0.15) is 41.7 Å². The summed E-state index contributed by atoms with van der Waals surface area (Å²) < 4.78 is 0. The molecular formula is C22H28N2O3. The zero-order valence-electron chi connectivity index (χ0n) is 16.0. The molecule has 0 radical (unpaired) electrons. The summed E-state index contributed by atoms with van der Waals surface area (Å²) in [5.41, 5.74) is 6.82. The monoisotopic (exact) mass is 368 g/mol. The molecule has 5 nitrogen and oxygen atoms in total. The van der Waals surface area contributed by atoms with Crippen LogP contribution in [-0.4, -0.2) is 28.9 Å². The summed E-state index contributed by atoms with van der Waals surface area (Å²) in [6.45, 7) is 4.39. The minimum Gasteiger partial charge on any atom is -0.506 e. The lowest BCUT2D eigenvalue weighted by molar-refractivity contribution is -0.105. The predicted molar refractivity (Wildman–Crippen MR) is 107 cm³/mol. The third-order valence-corrected chi connectivity index (χ3v) is 5.35. The fraction of sp³-hybridized carbons (Fsp3) is 0.409. The molecule has 0 fully saturated rings. The van der Waals surface area contributed by atoms with Crippen molar-refractivity contribution in [3.8, 4) is 5.75 Å². The molecular weight excluding hydrogens is 340 g/mol. The number of amides is 1. The number of carbonyl (C=O) groups excluding carboxylic acids is 1. The van der Waals surface area contributed by atoms with Gasteiger partial charge in [0.15, 0.2) is 0 Å². The summed E-state index contributed by atoms with van der Waals surface area (Å²) in [6, 6.07) is 9.84. The van der Waals surface area contributed by atoms with Gasteiger partial charge in [0.05, 0.1) is 5.69 Å². The number of hydrogen-bond donors (Lipinski definition) is 4. The number of phenolic OH excluding ortho intramolecular Hbond substituents is 1. The van der Waals surface area contributed by atoms with E-state index < -0.39 is 6.23 Å². The van der Waals surface area contributed by atoms with Gasteiger partial charge >= 0.3 is 0 Å². The van der Waals surface area contributed by atoms with Crippen LogP contribution in [0.25, 0.3) is 0 Å². The van der Waals surface area contributed by atoms with Gasteiger partial charge in [0, 0.05) is 12.5 Å². The number of rotatable bonds is 8. The normalized spacial score (nSPS) is 14.8. The van der Waals surface area contributed by atoms with E-state index in [2.05, 4.69) is 36.6 Å². The van der Waals surface area contributed by atoms with Crippen molar-refractivity contribution in [2.24, 2.45) is 0 Å². The predicted octanol–water partition coefficient (Wildman–Crippen LogP) is 2.70. The quantitative estimate of drug-likeness (QED) is 0.328. The average molecular weight is 368 g/mol. The number of hydrogen-bond acceptors (Lipinski definition) is 4. The van der Waals surface area contributed by atoms with Crippen LogP contribution >= 0.6 is 0 Å². The summed E-state index contributed by atoms with van der Waals surface area (Å²) >= 11 is 0. The van der Waals surface area contributed by atoms with Gasteiger partial charge in [-0.3, -0.25) is 10.1 Å². The van der Waals surface area contributed by atoms with Crippen molar-refractivity contribution in [2.45, 2.75) is 58.2 Å². The molecule has 1 aliphatic carbocycles. The first-order valence-corrected chi connectivity index (χ1v) is 9.63. The van der Waals surface area contributed by atoms with E-state index in [1.807, 2.05) is 0 Å². The van der Waals surface area contributed by atoms with Gasteiger partial charge in [-0.15, -0.1) is 0 Å². The smallest absolute Gasteiger partial charge is 0.211 e. The lowest BCUT2D eigenvalue weighted by Gasteiger charge is -2.18. The van der Waals surface area contributed by atoms with Crippen molar-refractivity contribution in [1.82, 2.24) is 5.32 Å². The third-order valence-electron chi connectivity index (χ3n) is 5.35. The molecule has 1 atom stereocenters. The molecule has 0 unspecified atom stereocenters. The molecule has 144 valence electrons. The summed E-state index contributed by atoms with van der Waals surface area (Å²) in [4.78, 5) is 10.6. The van der Waals surface area contributed by atoms with Crippen LogP contribution in [0.15, 0.2) is 30.3 Å². The Balaban J connectivity index is 1.63. The molecule has 2 aromatic carbocycles. The zero-order valence-corrected chi connectivity index (χ0v) is 16.0. The molecule has 0 spiro atoms. The molecule has 0 saturated carbocycles. The second-order valence-corrected chi connectivity index (χ2v) is 7.20. The van der Waals surface area contributed by atoms with Crippen LogP contribution in [-0.2, 0) is 36.9 Å². The number of anilines is 1. The standard InChI is InChI=1S/C22H28N2O3/c1-3-15-9-17-11-19(12-18(17)10-16(15)4-2)24-22(27)8-14-5-6-21(26)20(7-14)23-13-25/h5-7,9-10,13,19,22,24,26-27H,3-4,8,11-12H2,1-2H3,(H,23,25)/t22-/m1/s1. The van der Waals surface area contributed by atoms with Gasteiger partial charge in [0.25, 0.3) is 0 Å². The zero-order chi connectivity index (χ0) is 19.4. The maximum absolute atomic E-state index is 10.6. The Morgan fingerprint density at radius 3 is 2.30 bits per heavy atom. The van der Waals surface area contributed by atoms with E-state index >= 15 is 0 Å². The van der Waals surface area contributed by atoms with Crippen molar-refractivity contribution in [1.29, 1.82) is 0 Å². The van der Waals surface area contributed by atoms with Crippen molar-refractivity contribution in [3.05, 3.63) is 58.1 Å². The first-order valence-electron chi connectivity index (χ1n) is 9.63. The van der Waals surface area contributed by atoms with Crippen LogP contribution in [0.4, 0.5) is 5.69 Å². The minimum absolute atomic E-state index is 0.0120. The second kappa shape index (κ2) is 8.55. The van der Waals surface area contributed by atoms with Gasteiger partial charge in [-0.25, -0.2) is 0 Å². The van der Waals surface area contributed by atoms with Gasteiger partial charge in [-0.05, 0) is 65.6 Å². The van der Waals surface area contributed by atoms with Gasteiger partial charge in [-0.2, -0.15) is 0 Å². The fourth-order valence-electron chi connectivity index (χ4n) is 3.99. The highest BCUT2D eigenvalue weighted by Crippen LogP contribution is 2.28. The highest BCUT2D eigenvalue weighted by molar-refractivity contribution is 5.75. The fourth-order valence-corrected chi connectivity index (χ4v) is 3.99. The molecule has 1 aliphatic rings. The molecule has 0 heterocycles. The van der Waals surface area contributed by atoms with Gasteiger partial charge in [-0.1, -0.05) is 32.0 Å². The lowest BCUT2D eigenvalue weighted by Crippen LogP contribution is -2.40. The maximum Gasteiger partial charge on any atom is 0.211 e. The van der Waals surface area contributed by atoms with Crippen molar-refractivity contribution in [3.63, 3.8) is 0 Å². The Morgan fingerprint density at radius 1 is 1.11 bits per heavy atom. The molecule has 0 aliphatic heterocycles. The van der Waals surface area contributed by atoms with E-state index in [0.29, 0.717) is 18.5 Å². The largest absolute Gasteiger partial charge is 0.506 e. The summed E-state index contributed by atoms with van der Waals surface area (Å²) in [5, 5.41) is 26.0. The molecule has 0 aromatic heterocycles. The first kappa shape index (κ1) is 19.4. The Morgan fingerprint density at radius 2 is 1.74 bits per heavy atom. The van der Waals surface area contributed by atoms with Crippen LogP contribution < -0.4 is 10.6 Å². The molecule has 5 heteroatoms. The molecule has 0 bridgehead atoms. The summed E-state index contributed by atoms with van der Waals surface area (Å²) in [6.07, 6.45) is 4.20. The number of aliphatic hydroxyl groups excluding tert-OH is 1. The van der Waals surface area contributed by atoms with E-state index in [-0.39, 0.29) is 11.8 Å².